The predicted molar refractivity (Wildman–Crippen MR) is 123 cm³/mol. The number of ether oxygens (including phenoxy) is 1. The minimum Gasteiger partial charge on any atom is -0.489 e. The van der Waals surface area contributed by atoms with Gasteiger partial charge in [0.2, 0.25) is 0 Å². The summed E-state index contributed by atoms with van der Waals surface area (Å²) in [6, 6.07) is 19.1. The van der Waals surface area contributed by atoms with E-state index in [0.29, 0.717) is 34.5 Å². The third-order valence-electron chi connectivity index (χ3n) is 4.75. The zero-order valence-corrected chi connectivity index (χ0v) is 18.3. The second-order valence-electron chi connectivity index (χ2n) is 6.85. The first-order chi connectivity index (χ1) is 15.0. The molecule has 4 aromatic rings. The molecule has 0 radical (unpaired) electrons. The summed E-state index contributed by atoms with van der Waals surface area (Å²) >= 11 is 3.39. The zero-order chi connectivity index (χ0) is 21.8. The first-order valence-corrected chi connectivity index (χ1v) is 10.6. The van der Waals surface area contributed by atoms with Crippen LogP contribution in [0.15, 0.2) is 81.1 Å². The van der Waals surface area contributed by atoms with Gasteiger partial charge in [-0.05, 0) is 54.1 Å². The van der Waals surface area contributed by atoms with Crippen LogP contribution in [0.2, 0.25) is 0 Å². The molecule has 0 N–H and O–H groups in total. The van der Waals surface area contributed by atoms with E-state index in [4.69, 9.17) is 4.74 Å². The van der Waals surface area contributed by atoms with E-state index in [1.165, 1.54) is 10.7 Å². The van der Waals surface area contributed by atoms with Crippen molar-refractivity contribution in [2.45, 2.75) is 20.0 Å². The van der Waals surface area contributed by atoms with E-state index >= 15 is 0 Å². The van der Waals surface area contributed by atoms with Gasteiger partial charge >= 0.3 is 0 Å². The normalized spacial score (nSPS) is 11.3. The number of hydrogen-bond acceptors (Lipinski definition) is 4. The van der Waals surface area contributed by atoms with Gasteiger partial charge in [-0.1, -0.05) is 41.1 Å². The van der Waals surface area contributed by atoms with E-state index in [1.807, 2.05) is 31.2 Å². The first-order valence-electron chi connectivity index (χ1n) is 9.77. The first kappa shape index (κ1) is 20.9. The highest BCUT2D eigenvalue weighted by molar-refractivity contribution is 9.10. The van der Waals surface area contributed by atoms with E-state index in [9.17, 15) is 9.18 Å². The molecule has 0 aliphatic heterocycles. The molecule has 1 aromatic heterocycles. The van der Waals surface area contributed by atoms with Crippen LogP contribution in [0, 0.1) is 5.82 Å². The maximum atomic E-state index is 13.7. The molecule has 0 saturated carbocycles. The highest BCUT2D eigenvalue weighted by Crippen LogP contribution is 2.17. The van der Waals surface area contributed by atoms with E-state index in [1.54, 1.807) is 42.6 Å². The van der Waals surface area contributed by atoms with Crippen LogP contribution in [-0.2, 0) is 13.0 Å². The molecular weight excluding hydrogens is 461 g/mol. The monoisotopic (exact) mass is 479 g/mol. The van der Waals surface area contributed by atoms with Crippen molar-refractivity contribution >= 4 is 33.0 Å². The van der Waals surface area contributed by atoms with Crippen LogP contribution in [0.4, 0.5) is 4.39 Å². The molecule has 5 nitrogen and oxygen atoms in total. The second kappa shape index (κ2) is 9.22. The highest BCUT2D eigenvalue weighted by atomic mass is 79.9. The Hall–Kier alpha value is -3.32. The molecular formula is C24H19BrFN3O2. The number of fused-ring (bicyclic) bond motifs is 1. The van der Waals surface area contributed by atoms with Crippen LogP contribution >= 0.6 is 15.9 Å². The van der Waals surface area contributed by atoms with E-state index in [-0.39, 0.29) is 18.0 Å². The Morgan fingerprint density at radius 1 is 1.13 bits per heavy atom. The number of aromatic nitrogens is 2. The Labute approximate surface area is 187 Å². The highest BCUT2D eigenvalue weighted by Gasteiger charge is 2.09. The average Bonchev–Trinajstić information content (AvgIpc) is 2.79. The van der Waals surface area contributed by atoms with Gasteiger partial charge in [-0.25, -0.2) is 9.37 Å². The van der Waals surface area contributed by atoms with Crippen molar-refractivity contribution in [3.05, 3.63) is 104 Å². The summed E-state index contributed by atoms with van der Waals surface area (Å²) < 4.78 is 21.5. The molecule has 0 spiro atoms. The van der Waals surface area contributed by atoms with Crippen LogP contribution in [0.25, 0.3) is 10.9 Å². The average molecular weight is 480 g/mol. The van der Waals surface area contributed by atoms with Crippen molar-refractivity contribution in [1.82, 2.24) is 9.66 Å². The van der Waals surface area contributed by atoms with Crippen LogP contribution in [0.1, 0.15) is 23.9 Å². The number of hydrogen-bond donors (Lipinski definition) is 0. The van der Waals surface area contributed by atoms with Crippen molar-refractivity contribution in [3.63, 3.8) is 0 Å². The maximum absolute atomic E-state index is 13.7. The third-order valence-corrected chi connectivity index (χ3v) is 5.24. The largest absolute Gasteiger partial charge is 0.489 e. The Bertz CT molecular complexity index is 1320. The Balaban J connectivity index is 1.55. The van der Waals surface area contributed by atoms with E-state index < -0.39 is 0 Å². The summed E-state index contributed by atoms with van der Waals surface area (Å²) in [5.74, 6) is 0.907. The molecule has 31 heavy (non-hydrogen) atoms. The molecule has 0 bridgehead atoms. The van der Waals surface area contributed by atoms with Gasteiger partial charge in [-0.3, -0.25) is 4.79 Å². The number of halogens is 2. The number of aryl methyl sites for hydroxylation is 1. The van der Waals surface area contributed by atoms with Crippen LogP contribution in [0.5, 0.6) is 5.75 Å². The lowest BCUT2D eigenvalue weighted by Gasteiger charge is -2.08. The van der Waals surface area contributed by atoms with Crippen molar-refractivity contribution in [2.24, 2.45) is 5.10 Å². The van der Waals surface area contributed by atoms with Crippen molar-refractivity contribution in [1.29, 1.82) is 0 Å². The van der Waals surface area contributed by atoms with Gasteiger partial charge in [0.25, 0.3) is 5.56 Å². The summed E-state index contributed by atoms with van der Waals surface area (Å²) in [5.41, 5.74) is 1.72. The maximum Gasteiger partial charge on any atom is 0.282 e. The molecule has 0 aliphatic rings. The third kappa shape index (κ3) is 4.72. The summed E-state index contributed by atoms with van der Waals surface area (Å²) in [6.45, 7) is 2.08. The minimum absolute atomic E-state index is 0.147. The number of rotatable bonds is 6. The predicted octanol–water partition coefficient (Wildman–Crippen LogP) is 5.32. The van der Waals surface area contributed by atoms with Crippen LogP contribution in [0.3, 0.4) is 0 Å². The lowest BCUT2D eigenvalue weighted by Crippen LogP contribution is -2.22. The zero-order valence-electron chi connectivity index (χ0n) is 16.8. The van der Waals surface area contributed by atoms with Crippen molar-refractivity contribution < 1.29 is 9.13 Å². The van der Waals surface area contributed by atoms with Crippen molar-refractivity contribution in [2.75, 3.05) is 0 Å². The van der Waals surface area contributed by atoms with Gasteiger partial charge in [0.05, 0.1) is 17.1 Å². The molecule has 3 aromatic carbocycles. The molecule has 156 valence electrons. The summed E-state index contributed by atoms with van der Waals surface area (Å²) in [5, 5.41) is 4.87. The smallest absolute Gasteiger partial charge is 0.282 e. The molecule has 7 heteroatoms. The van der Waals surface area contributed by atoms with Gasteiger partial charge in [0, 0.05) is 16.5 Å². The topological polar surface area (TPSA) is 56.5 Å². The van der Waals surface area contributed by atoms with Crippen LogP contribution < -0.4 is 10.3 Å². The SMILES string of the molecule is CCc1nc2ccc(Br)cc2c(=O)n1N=Cc1ccc(OCc2ccccc2F)cc1. The minimum atomic E-state index is -0.292. The summed E-state index contributed by atoms with van der Waals surface area (Å²) in [4.78, 5) is 17.5. The Kier molecular flexibility index (Phi) is 6.23. The van der Waals surface area contributed by atoms with E-state index in [2.05, 4.69) is 26.0 Å². The molecule has 0 aliphatic carbocycles. The molecule has 0 saturated heterocycles. The lowest BCUT2D eigenvalue weighted by molar-refractivity contribution is 0.300. The second-order valence-corrected chi connectivity index (χ2v) is 7.77. The molecule has 0 atom stereocenters. The Morgan fingerprint density at radius 3 is 2.65 bits per heavy atom. The van der Waals surface area contributed by atoms with Crippen molar-refractivity contribution in [3.8, 4) is 5.75 Å². The fraction of sp³-hybridized carbons (Fsp3) is 0.125. The fourth-order valence-corrected chi connectivity index (χ4v) is 3.45. The quantitative estimate of drug-likeness (QED) is 0.351. The molecule has 0 fully saturated rings. The lowest BCUT2D eigenvalue weighted by atomic mass is 10.2. The molecule has 0 amide bonds. The van der Waals surface area contributed by atoms with Gasteiger partial charge in [-0.15, -0.1) is 0 Å². The standard InChI is InChI=1S/C24H19BrFN3O2/c1-2-23-28-22-12-9-18(25)13-20(22)24(30)29(23)27-14-16-7-10-19(11-8-16)31-15-17-5-3-4-6-21(17)26/h3-14H,2,15H2,1H3. The summed E-state index contributed by atoms with van der Waals surface area (Å²) in [7, 11) is 0. The van der Waals surface area contributed by atoms with Gasteiger partial charge in [0.15, 0.2) is 0 Å². The van der Waals surface area contributed by atoms with E-state index in [0.717, 1.165) is 10.0 Å². The van der Waals surface area contributed by atoms with Crippen LogP contribution in [-0.4, -0.2) is 15.9 Å². The number of nitrogens with zero attached hydrogens (tertiary/aromatic N) is 3. The molecule has 1 heterocycles. The van der Waals surface area contributed by atoms with Gasteiger partial charge < -0.3 is 4.74 Å². The van der Waals surface area contributed by atoms with Gasteiger partial charge in [-0.2, -0.15) is 9.78 Å². The molecule has 4 rings (SSSR count). The molecule has 0 unspecified atom stereocenters. The number of benzene rings is 3. The Morgan fingerprint density at radius 2 is 1.90 bits per heavy atom. The van der Waals surface area contributed by atoms with Gasteiger partial charge in [0.1, 0.15) is 24.0 Å². The summed E-state index contributed by atoms with van der Waals surface area (Å²) in [6.07, 6.45) is 2.17. The fourth-order valence-electron chi connectivity index (χ4n) is 3.09.